The second kappa shape index (κ2) is 6.24. The Kier molecular flexibility index (Phi) is 3.87. The van der Waals surface area contributed by atoms with Crippen molar-refractivity contribution in [2.45, 2.75) is 13.5 Å². The van der Waals surface area contributed by atoms with Gasteiger partial charge in [0.2, 0.25) is 5.82 Å². The first kappa shape index (κ1) is 16.8. The summed E-state index contributed by atoms with van der Waals surface area (Å²) in [6.45, 7) is 2.08. The number of primary amides is 1. The summed E-state index contributed by atoms with van der Waals surface area (Å²) in [7, 11) is 1.56. The predicted molar refractivity (Wildman–Crippen MR) is 92.7 cm³/mol. The third kappa shape index (κ3) is 2.53. The summed E-state index contributed by atoms with van der Waals surface area (Å²) in [5.74, 6) is -0.222. The van der Waals surface area contributed by atoms with Crippen LogP contribution in [0.15, 0.2) is 24.5 Å². The van der Waals surface area contributed by atoms with E-state index in [1.165, 1.54) is 6.33 Å². The molecule has 1 aliphatic heterocycles. The van der Waals surface area contributed by atoms with E-state index in [2.05, 4.69) is 15.2 Å². The van der Waals surface area contributed by atoms with Gasteiger partial charge in [-0.05, 0) is 25.1 Å². The lowest BCUT2D eigenvalue weighted by atomic mass is 10.1. The number of rotatable bonds is 4. The number of methoxy groups -OCH3 is 1. The molecule has 0 fully saturated rings. The highest BCUT2D eigenvalue weighted by Gasteiger charge is 2.29. The standard InChI is InChI=1S/C17H16N6O4/c1-3-27-17(25)13-12-7-22-15(20-21-16(22)14(18)24)10-6-9(26-2)4-5-11(10)23(12)8-19-13/h4-6,8H,3,7H2,1-2H3,(H2,18,24). The number of benzene rings is 1. The Labute approximate surface area is 153 Å². The van der Waals surface area contributed by atoms with E-state index < -0.39 is 11.9 Å². The third-order valence-corrected chi connectivity index (χ3v) is 4.32. The Morgan fingerprint density at radius 2 is 2.11 bits per heavy atom. The van der Waals surface area contributed by atoms with Gasteiger partial charge in [-0.1, -0.05) is 0 Å². The van der Waals surface area contributed by atoms with Crippen molar-refractivity contribution in [1.29, 1.82) is 0 Å². The largest absolute Gasteiger partial charge is 0.497 e. The zero-order valence-corrected chi connectivity index (χ0v) is 14.7. The van der Waals surface area contributed by atoms with Gasteiger partial charge in [0.25, 0.3) is 5.91 Å². The van der Waals surface area contributed by atoms with Crippen LogP contribution in [0.1, 0.15) is 33.7 Å². The number of nitrogens with zero attached hydrogens (tertiary/aromatic N) is 5. The lowest BCUT2D eigenvalue weighted by Crippen LogP contribution is -2.20. The predicted octanol–water partition coefficient (Wildman–Crippen LogP) is 0.777. The molecule has 0 aliphatic carbocycles. The maximum absolute atomic E-state index is 12.3. The molecule has 1 aromatic carbocycles. The zero-order valence-electron chi connectivity index (χ0n) is 14.7. The Morgan fingerprint density at radius 1 is 1.30 bits per heavy atom. The molecule has 3 heterocycles. The van der Waals surface area contributed by atoms with Gasteiger partial charge < -0.3 is 15.2 Å². The highest BCUT2D eigenvalue weighted by Crippen LogP contribution is 2.34. The highest BCUT2D eigenvalue weighted by molar-refractivity contribution is 5.91. The number of carbonyl (C=O) groups excluding carboxylic acids is 2. The number of fused-ring (bicyclic) bond motifs is 5. The van der Waals surface area contributed by atoms with Gasteiger partial charge in [0.1, 0.15) is 12.1 Å². The summed E-state index contributed by atoms with van der Waals surface area (Å²) in [6, 6.07) is 5.38. The first-order valence-corrected chi connectivity index (χ1v) is 8.20. The fraction of sp³-hybridized carbons (Fsp3) is 0.235. The zero-order chi connectivity index (χ0) is 19.1. The molecule has 0 saturated heterocycles. The van der Waals surface area contributed by atoms with E-state index in [0.29, 0.717) is 22.8 Å². The second-order valence-corrected chi connectivity index (χ2v) is 5.81. The van der Waals surface area contributed by atoms with Crippen molar-refractivity contribution in [2.75, 3.05) is 13.7 Å². The summed E-state index contributed by atoms with van der Waals surface area (Å²) in [5, 5.41) is 8.05. The Balaban J connectivity index is 2.01. The number of carbonyl (C=O) groups is 2. The van der Waals surface area contributed by atoms with Gasteiger partial charge in [-0.3, -0.25) is 13.9 Å². The second-order valence-electron chi connectivity index (χ2n) is 5.81. The number of ether oxygens (including phenoxy) is 2. The monoisotopic (exact) mass is 368 g/mol. The van der Waals surface area contributed by atoms with Crippen LogP contribution in [0.4, 0.5) is 0 Å². The van der Waals surface area contributed by atoms with Crippen molar-refractivity contribution in [2.24, 2.45) is 5.73 Å². The molecule has 10 heteroatoms. The summed E-state index contributed by atoms with van der Waals surface area (Å²) >= 11 is 0. The van der Waals surface area contributed by atoms with E-state index >= 15 is 0 Å². The molecule has 138 valence electrons. The van der Waals surface area contributed by atoms with Crippen molar-refractivity contribution >= 4 is 11.9 Å². The lowest BCUT2D eigenvalue weighted by Gasteiger charge is -2.10. The summed E-state index contributed by atoms with van der Waals surface area (Å²) in [5.41, 5.74) is 7.54. The average Bonchev–Trinajstić information content (AvgIpc) is 3.23. The van der Waals surface area contributed by atoms with Gasteiger partial charge in [-0.15, -0.1) is 10.2 Å². The number of imidazole rings is 1. The maximum Gasteiger partial charge on any atom is 0.358 e. The van der Waals surface area contributed by atoms with Gasteiger partial charge in [-0.25, -0.2) is 9.78 Å². The van der Waals surface area contributed by atoms with Crippen LogP contribution in [-0.2, 0) is 11.3 Å². The molecule has 2 aromatic heterocycles. The van der Waals surface area contributed by atoms with Crippen LogP contribution in [0.3, 0.4) is 0 Å². The molecule has 4 rings (SSSR count). The normalized spacial score (nSPS) is 11.8. The van der Waals surface area contributed by atoms with E-state index in [0.717, 1.165) is 5.69 Å². The quantitative estimate of drug-likeness (QED) is 0.527. The van der Waals surface area contributed by atoms with E-state index in [-0.39, 0.29) is 24.7 Å². The molecule has 2 N–H and O–H groups in total. The smallest absolute Gasteiger partial charge is 0.358 e. The Morgan fingerprint density at radius 3 is 2.81 bits per heavy atom. The number of hydrogen-bond acceptors (Lipinski definition) is 7. The van der Waals surface area contributed by atoms with Crippen LogP contribution in [-0.4, -0.2) is 49.9 Å². The van der Waals surface area contributed by atoms with Gasteiger partial charge in [0.05, 0.1) is 31.6 Å². The van der Waals surface area contributed by atoms with Crippen molar-refractivity contribution < 1.29 is 19.1 Å². The minimum atomic E-state index is -0.719. The van der Waals surface area contributed by atoms with Crippen molar-refractivity contribution in [1.82, 2.24) is 24.3 Å². The number of aromatic nitrogens is 5. The van der Waals surface area contributed by atoms with Crippen LogP contribution in [0.25, 0.3) is 17.1 Å². The van der Waals surface area contributed by atoms with E-state index in [1.807, 2.05) is 6.07 Å². The van der Waals surface area contributed by atoms with Gasteiger partial charge in [-0.2, -0.15) is 0 Å². The number of hydrogen-bond donors (Lipinski definition) is 1. The molecule has 0 saturated carbocycles. The number of esters is 1. The van der Waals surface area contributed by atoms with Crippen LogP contribution in [0, 0.1) is 0 Å². The Bertz CT molecular complexity index is 1070. The first-order chi connectivity index (χ1) is 13.0. The molecule has 0 bridgehead atoms. The highest BCUT2D eigenvalue weighted by atomic mass is 16.5. The van der Waals surface area contributed by atoms with E-state index in [1.54, 1.807) is 35.3 Å². The molecule has 0 radical (unpaired) electrons. The third-order valence-electron chi connectivity index (χ3n) is 4.32. The van der Waals surface area contributed by atoms with Crippen molar-refractivity contribution in [3.63, 3.8) is 0 Å². The van der Waals surface area contributed by atoms with Crippen LogP contribution < -0.4 is 10.5 Å². The molecule has 0 unspecified atom stereocenters. The Hall–Kier alpha value is -3.69. The fourth-order valence-electron chi connectivity index (χ4n) is 3.12. The van der Waals surface area contributed by atoms with Gasteiger partial charge in [0.15, 0.2) is 11.5 Å². The molecule has 0 spiro atoms. The molecular formula is C17H16N6O4. The molecule has 10 nitrogen and oxygen atoms in total. The van der Waals surface area contributed by atoms with Crippen molar-refractivity contribution in [3.05, 3.63) is 41.7 Å². The van der Waals surface area contributed by atoms with Crippen LogP contribution in [0.5, 0.6) is 5.75 Å². The summed E-state index contributed by atoms with van der Waals surface area (Å²) < 4.78 is 13.7. The topological polar surface area (TPSA) is 127 Å². The fourth-order valence-corrected chi connectivity index (χ4v) is 3.12. The number of nitrogens with two attached hydrogens (primary N) is 1. The first-order valence-electron chi connectivity index (χ1n) is 8.20. The average molecular weight is 368 g/mol. The number of amides is 1. The maximum atomic E-state index is 12.3. The van der Waals surface area contributed by atoms with Crippen molar-refractivity contribution in [3.8, 4) is 22.8 Å². The van der Waals surface area contributed by atoms with Gasteiger partial charge in [0, 0.05) is 5.56 Å². The van der Waals surface area contributed by atoms with Crippen LogP contribution in [0.2, 0.25) is 0 Å². The van der Waals surface area contributed by atoms with E-state index in [4.69, 9.17) is 15.2 Å². The molecule has 1 aliphatic rings. The SMILES string of the molecule is CCOC(=O)c1ncn2c1Cn1c(C(N)=O)nnc1-c1cc(OC)ccc1-2. The summed E-state index contributed by atoms with van der Waals surface area (Å²) in [6.07, 6.45) is 1.54. The van der Waals surface area contributed by atoms with Crippen LogP contribution >= 0.6 is 0 Å². The molecular weight excluding hydrogens is 352 g/mol. The molecule has 3 aromatic rings. The minimum absolute atomic E-state index is 0.0109. The minimum Gasteiger partial charge on any atom is -0.497 e. The lowest BCUT2D eigenvalue weighted by molar-refractivity contribution is 0.0518. The molecule has 0 atom stereocenters. The molecule has 1 amide bonds. The molecule has 27 heavy (non-hydrogen) atoms. The van der Waals surface area contributed by atoms with E-state index in [9.17, 15) is 9.59 Å². The summed E-state index contributed by atoms with van der Waals surface area (Å²) in [4.78, 5) is 28.4. The van der Waals surface area contributed by atoms with Gasteiger partial charge >= 0.3 is 5.97 Å².